The molecule has 0 saturated carbocycles. The molecule has 0 heterocycles. The van der Waals surface area contributed by atoms with Gasteiger partial charge in [-0.25, -0.2) is 0 Å². The molecule has 6 nitrogen and oxygen atoms in total. The quantitative estimate of drug-likeness (QED) is 0.0262. The predicted octanol–water partition coefficient (Wildman–Crippen LogP) is 19.6. The molecule has 0 rings (SSSR count). The minimum absolute atomic E-state index is 0.0748. The van der Waals surface area contributed by atoms with E-state index in [4.69, 9.17) is 14.2 Å². The Bertz CT molecular complexity index is 1230. The first-order valence-electron chi connectivity index (χ1n) is 29.3. The molecule has 0 bridgehead atoms. The molecule has 0 radical (unpaired) electrons. The van der Waals surface area contributed by atoms with Gasteiger partial charge in [-0.1, -0.05) is 255 Å². The molecule has 1 atom stereocenters. The van der Waals surface area contributed by atoms with E-state index in [0.717, 1.165) is 96.3 Å². The third-order valence-electron chi connectivity index (χ3n) is 12.8. The summed E-state index contributed by atoms with van der Waals surface area (Å²) in [7, 11) is 0. The summed E-state index contributed by atoms with van der Waals surface area (Å²) in [6.07, 6.45) is 71.3. The second kappa shape index (κ2) is 56.7. The zero-order chi connectivity index (χ0) is 49.3. The highest BCUT2D eigenvalue weighted by atomic mass is 16.6. The Morgan fingerprint density at radius 1 is 0.309 bits per heavy atom. The maximum Gasteiger partial charge on any atom is 0.306 e. The SMILES string of the molecule is CC/C=C\C/C=C\C/C=C\C/C=C\CCCCCCCCCCCCCCCCCCC(=O)OCC(COC(=O)CCCCCCC)OC(=O)CCCCCCC/C=C\CCCCCCCCC. The van der Waals surface area contributed by atoms with Gasteiger partial charge in [0.2, 0.25) is 0 Å². The Hall–Kier alpha value is -2.89. The van der Waals surface area contributed by atoms with Crippen molar-refractivity contribution in [2.24, 2.45) is 0 Å². The largest absolute Gasteiger partial charge is 0.462 e. The van der Waals surface area contributed by atoms with Crippen molar-refractivity contribution in [3.63, 3.8) is 0 Å². The average molecular weight is 952 g/mol. The van der Waals surface area contributed by atoms with Gasteiger partial charge >= 0.3 is 17.9 Å². The van der Waals surface area contributed by atoms with Gasteiger partial charge in [-0.2, -0.15) is 0 Å². The highest BCUT2D eigenvalue weighted by Crippen LogP contribution is 2.16. The Morgan fingerprint density at radius 2 is 0.574 bits per heavy atom. The Kier molecular flexibility index (Phi) is 54.3. The van der Waals surface area contributed by atoms with Crippen LogP contribution in [0.2, 0.25) is 0 Å². The molecule has 0 N–H and O–H groups in total. The molecular weight excluding hydrogens is 841 g/mol. The van der Waals surface area contributed by atoms with E-state index in [2.05, 4.69) is 81.5 Å². The molecular formula is C62H110O6. The molecule has 6 heteroatoms. The van der Waals surface area contributed by atoms with Crippen LogP contribution >= 0.6 is 0 Å². The molecule has 0 aliphatic heterocycles. The topological polar surface area (TPSA) is 78.9 Å². The van der Waals surface area contributed by atoms with Crippen molar-refractivity contribution in [3.8, 4) is 0 Å². The van der Waals surface area contributed by atoms with Crippen LogP contribution in [-0.4, -0.2) is 37.2 Å². The standard InChI is InChI=1S/C62H110O6/c1-4-7-10-13-15-17-19-21-23-25-26-27-28-29-30-31-32-33-34-35-36-37-39-40-42-44-46-49-52-55-61(64)67-58-59(57-66-60(63)54-51-48-12-9-6-3)68-62(65)56-53-50-47-45-43-41-38-24-22-20-18-16-14-11-8-5-2/h7,10,15,17,21,23-24,26-27,38,59H,4-6,8-9,11-14,16,18-20,22,25,28-37,39-58H2,1-3H3/b10-7-,17-15-,23-21-,27-26-,38-24-. The minimum Gasteiger partial charge on any atom is -0.462 e. The lowest BCUT2D eigenvalue weighted by Crippen LogP contribution is -2.30. The highest BCUT2D eigenvalue weighted by molar-refractivity contribution is 5.71. The average Bonchev–Trinajstić information content (AvgIpc) is 3.34. The van der Waals surface area contributed by atoms with Gasteiger partial charge in [-0.05, 0) is 83.5 Å². The first-order valence-corrected chi connectivity index (χ1v) is 29.3. The highest BCUT2D eigenvalue weighted by Gasteiger charge is 2.19. The van der Waals surface area contributed by atoms with Crippen molar-refractivity contribution in [3.05, 3.63) is 60.8 Å². The first kappa shape index (κ1) is 65.1. The predicted molar refractivity (Wildman–Crippen MR) is 293 cm³/mol. The molecule has 0 amide bonds. The Morgan fingerprint density at radius 3 is 0.912 bits per heavy atom. The van der Waals surface area contributed by atoms with Crippen molar-refractivity contribution < 1.29 is 28.6 Å². The summed E-state index contributed by atoms with van der Waals surface area (Å²) in [6.45, 7) is 6.46. The van der Waals surface area contributed by atoms with E-state index in [-0.39, 0.29) is 31.1 Å². The fourth-order valence-corrected chi connectivity index (χ4v) is 8.37. The number of allylic oxidation sites excluding steroid dienone is 10. The molecule has 0 aromatic carbocycles. The van der Waals surface area contributed by atoms with Gasteiger partial charge in [0, 0.05) is 19.3 Å². The lowest BCUT2D eigenvalue weighted by Gasteiger charge is -2.18. The van der Waals surface area contributed by atoms with E-state index >= 15 is 0 Å². The molecule has 0 spiro atoms. The van der Waals surface area contributed by atoms with Gasteiger partial charge in [-0.15, -0.1) is 0 Å². The number of carbonyl (C=O) groups excluding carboxylic acids is 3. The zero-order valence-electron chi connectivity index (χ0n) is 45.1. The van der Waals surface area contributed by atoms with Crippen LogP contribution in [0.3, 0.4) is 0 Å². The van der Waals surface area contributed by atoms with Crippen LogP contribution in [0.25, 0.3) is 0 Å². The monoisotopic (exact) mass is 951 g/mol. The summed E-state index contributed by atoms with van der Waals surface area (Å²) in [5.74, 6) is -0.887. The molecule has 0 aliphatic rings. The van der Waals surface area contributed by atoms with Crippen LogP contribution in [0.15, 0.2) is 60.8 Å². The van der Waals surface area contributed by atoms with Crippen LogP contribution in [0.1, 0.15) is 297 Å². The molecule has 0 aromatic heterocycles. The number of carbonyl (C=O) groups is 3. The van der Waals surface area contributed by atoms with Crippen molar-refractivity contribution in [2.45, 2.75) is 303 Å². The second-order valence-corrected chi connectivity index (χ2v) is 19.5. The van der Waals surface area contributed by atoms with Gasteiger partial charge in [0.05, 0.1) is 0 Å². The minimum atomic E-state index is -0.772. The molecule has 0 saturated heterocycles. The molecule has 68 heavy (non-hydrogen) atoms. The smallest absolute Gasteiger partial charge is 0.306 e. The van der Waals surface area contributed by atoms with Crippen LogP contribution in [0.5, 0.6) is 0 Å². The third kappa shape index (κ3) is 54.1. The molecule has 394 valence electrons. The fourth-order valence-electron chi connectivity index (χ4n) is 8.37. The number of ether oxygens (including phenoxy) is 3. The van der Waals surface area contributed by atoms with E-state index in [9.17, 15) is 14.4 Å². The fraction of sp³-hybridized carbons (Fsp3) is 0.790. The van der Waals surface area contributed by atoms with Crippen molar-refractivity contribution in [1.82, 2.24) is 0 Å². The lowest BCUT2D eigenvalue weighted by atomic mass is 10.0. The van der Waals surface area contributed by atoms with Crippen molar-refractivity contribution in [2.75, 3.05) is 13.2 Å². The summed E-state index contributed by atoms with van der Waals surface area (Å²) in [5.41, 5.74) is 0. The van der Waals surface area contributed by atoms with Gasteiger partial charge in [0.1, 0.15) is 13.2 Å². The normalized spacial score (nSPS) is 12.5. The summed E-state index contributed by atoms with van der Waals surface area (Å²) in [5, 5.41) is 0. The second-order valence-electron chi connectivity index (χ2n) is 19.5. The van der Waals surface area contributed by atoms with Crippen LogP contribution < -0.4 is 0 Å². The molecule has 0 aromatic rings. The van der Waals surface area contributed by atoms with E-state index in [0.29, 0.717) is 19.3 Å². The van der Waals surface area contributed by atoms with Gasteiger partial charge in [0.15, 0.2) is 6.10 Å². The van der Waals surface area contributed by atoms with E-state index < -0.39 is 6.10 Å². The summed E-state index contributed by atoms with van der Waals surface area (Å²) in [4.78, 5) is 37.8. The van der Waals surface area contributed by atoms with Crippen molar-refractivity contribution >= 4 is 17.9 Å². The number of hydrogen-bond donors (Lipinski definition) is 0. The van der Waals surface area contributed by atoms with Crippen LogP contribution in [-0.2, 0) is 28.6 Å². The van der Waals surface area contributed by atoms with Gasteiger partial charge < -0.3 is 14.2 Å². The van der Waals surface area contributed by atoms with E-state index in [1.807, 2.05) is 0 Å². The van der Waals surface area contributed by atoms with Gasteiger partial charge in [-0.3, -0.25) is 14.4 Å². The number of hydrogen-bond acceptors (Lipinski definition) is 6. The Labute approximate surface area is 421 Å². The third-order valence-corrected chi connectivity index (χ3v) is 12.8. The number of rotatable bonds is 53. The summed E-state index contributed by atoms with van der Waals surface area (Å²) >= 11 is 0. The summed E-state index contributed by atoms with van der Waals surface area (Å²) < 4.78 is 16.7. The summed E-state index contributed by atoms with van der Waals surface area (Å²) in [6, 6.07) is 0. The van der Waals surface area contributed by atoms with E-state index in [1.54, 1.807) is 0 Å². The zero-order valence-corrected chi connectivity index (χ0v) is 45.1. The molecule has 1 unspecified atom stereocenters. The maximum absolute atomic E-state index is 12.8. The first-order chi connectivity index (χ1) is 33.5. The van der Waals surface area contributed by atoms with E-state index in [1.165, 1.54) is 161 Å². The Balaban J connectivity index is 4.00. The molecule has 0 aliphatic carbocycles. The maximum atomic E-state index is 12.8. The molecule has 0 fully saturated rings. The van der Waals surface area contributed by atoms with Gasteiger partial charge in [0.25, 0.3) is 0 Å². The van der Waals surface area contributed by atoms with Crippen LogP contribution in [0.4, 0.5) is 0 Å². The number of unbranched alkanes of at least 4 members (excludes halogenated alkanes) is 32. The van der Waals surface area contributed by atoms with Crippen molar-refractivity contribution in [1.29, 1.82) is 0 Å². The number of esters is 3. The lowest BCUT2D eigenvalue weighted by molar-refractivity contribution is -0.167. The van der Waals surface area contributed by atoms with Crippen LogP contribution in [0, 0.1) is 0 Å².